The van der Waals surface area contributed by atoms with Crippen LogP contribution in [0, 0.1) is 13.8 Å². The van der Waals surface area contributed by atoms with Crippen LogP contribution in [0.5, 0.6) is 0 Å². The molecule has 0 saturated carbocycles. The van der Waals surface area contributed by atoms with Gasteiger partial charge in [0.05, 0.1) is 0 Å². The minimum absolute atomic E-state index is 0. The van der Waals surface area contributed by atoms with Crippen molar-refractivity contribution in [2.75, 3.05) is 0 Å². The number of hydrogen-bond acceptors (Lipinski definition) is 1. The van der Waals surface area contributed by atoms with Crippen LogP contribution < -0.4 is 5.30 Å². The van der Waals surface area contributed by atoms with Gasteiger partial charge in [-0.25, -0.2) is 0 Å². The summed E-state index contributed by atoms with van der Waals surface area (Å²) in [6.45, 7) is 18.7. The van der Waals surface area contributed by atoms with Gasteiger partial charge in [0, 0.05) is 20.4 Å². The average molecular weight is 591 g/mol. The SMILES string of the molecule is Cc1ccc(P(C(C)(C)C)C(C)(C)C)cc1C.O=C(/C=C/c1ccccc1)/C=C/c1ccccc1.[Pd]. The van der Waals surface area contributed by atoms with Gasteiger partial charge in [-0.05, 0) is 63.9 Å². The van der Waals surface area contributed by atoms with E-state index in [9.17, 15) is 4.79 Å². The summed E-state index contributed by atoms with van der Waals surface area (Å²) in [4.78, 5) is 11.6. The molecule has 0 spiro atoms. The Hall–Kier alpha value is -2.10. The summed E-state index contributed by atoms with van der Waals surface area (Å²) in [6, 6.07) is 26.6. The summed E-state index contributed by atoms with van der Waals surface area (Å²) in [5, 5.41) is 2.26. The molecular formula is C33H41OPPd. The van der Waals surface area contributed by atoms with E-state index in [1.54, 1.807) is 17.5 Å². The maximum Gasteiger partial charge on any atom is 0.178 e. The zero-order valence-corrected chi connectivity index (χ0v) is 25.4. The predicted octanol–water partition coefficient (Wildman–Crippen LogP) is 8.99. The molecule has 0 amide bonds. The average Bonchev–Trinajstić information content (AvgIpc) is 2.79. The van der Waals surface area contributed by atoms with Crippen LogP contribution in [-0.4, -0.2) is 16.1 Å². The summed E-state index contributed by atoms with van der Waals surface area (Å²) < 4.78 is 0. The van der Waals surface area contributed by atoms with Crippen LogP contribution in [0.25, 0.3) is 12.2 Å². The largest absolute Gasteiger partial charge is 0.290 e. The van der Waals surface area contributed by atoms with Crippen LogP contribution in [0.15, 0.2) is 91.0 Å². The maximum absolute atomic E-state index is 11.6. The third-order valence-corrected chi connectivity index (χ3v) is 9.05. The van der Waals surface area contributed by atoms with Gasteiger partial charge in [-0.1, -0.05) is 140 Å². The topological polar surface area (TPSA) is 17.1 Å². The summed E-state index contributed by atoms with van der Waals surface area (Å²) in [5.74, 6) is -0.0114. The van der Waals surface area contributed by atoms with Gasteiger partial charge in [0.15, 0.2) is 5.78 Å². The molecule has 0 fully saturated rings. The molecule has 36 heavy (non-hydrogen) atoms. The molecule has 194 valence electrons. The molecule has 3 aromatic carbocycles. The first-order chi connectivity index (χ1) is 16.4. The Balaban J connectivity index is 0.000000351. The van der Waals surface area contributed by atoms with E-state index in [4.69, 9.17) is 0 Å². The Morgan fingerprint density at radius 1 is 0.639 bits per heavy atom. The van der Waals surface area contributed by atoms with Crippen molar-refractivity contribution in [1.82, 2.24) is 0 Å². The minimum atomic E-state index is -0.166. The Bertz CT molecular complexity index is 1070. The molecule has 0 N–H and O–H groups in total. The second-order valence-corrected chi connectivity index (χ2v) is 14.7. The molecule has 0 unspecified atom stereocenters. The van der Waals surface area contributed by atoms with E-state index in [2.05, 4.69) is 73.6 Å². The second kappa shape index (κ2) is 14.6. The standard InChI is InChI=1S/C17H14O.C16H27P.Pd/c18-17(13-11-15-7-3-1-4-8-15)14-12-16-9-5-2-6-10-16;1-12-9-10-14(11-13(12)2)17(15(3,4)5)16(6,7)8;/h1-14H;9-11H,1-8H3;/b13-11+,14-12+;;. The van der Waals surface area contributed by atoms with Crippen molar-refractivity contribution in [2.45, 2.75) is 65.7 Å². The van der Waals surface area contributed by atoms with Crippen molar-refractivity contribution in [3.63, 3.8) is 0 Å². The Kier molecular flexibility index (Phi) is 12.9. The third-order valence-electron chi connectivity index (χ3n) is 5.57. The molecule has 3 aromatic rings. The van der Waals surface area contributed by atoms with E-state index in [-0.39, 0.29) is 34.1 Å². The first kappa shape index (κ1) is 31.9. The number of carbonyl (C=O) groups is 1. The molecule has 0 aliphatic carbocycles. The first-order valence-electron chi connectivity index (χ1n) is 12.3. The molecule has 0 bridgehead atoms. The van der Waals surface area contributed by atoms with E-state index in [0.29, 0.717) is 10.3 Å². The predicted molar refractivity (Wildman–Crippen MR) is 158 cm³/mol. The van der Waals surface area contributed by atoms with Gasteiger partial charge in [-0.2, -0.15) is 0 Å². The molecule has 0 aliphatic rings. The number of rotatable bonds is 5. The van der Waals surface area contributed by atoms with Crippen molar-refractivity contribution in [3.8, 4) is 0 Å². The van der Waals surface area contributed by atoms with Crippen molar-refractivity contribution in [3.05, 3.63) is 113 Å². The fourth-order valence-corrected chi connectivity index (χ4v) is 8.29. The fraction of sp³-hybridized carbons (Fsp3) is 0.303. The van der Waals surface area contributed by atoms with Crippen LogP contribution in [0.4, 0.5) is 0 Å². The molecule has 3 rings (SSSR count). The Morgan fingerprint density at radius 3 is 1.42 bits per heavy atom. The molecule has 0 saturated heterocycles. The van der Waals surface area contributed by atoms with E-state index >= 15 is 0 Å². The molecule has 0 aromatic heterocycles. The Labute approximate surface area is 234 Å². The molecule has 3 heteroatoms. The van der Waals surface area contributed by atoms with Gasteiger partial charge in [0.2, 0.25) is 0 Å². The van der Waals surface area contributed by atoms with Crippen molar-refractivity contribution in [1.29, 1.82) is 0 Å². The van der Waals surface area contributed by atoms with Gasteiger partial charge >= 0.3 is 0 Å². The van der Waals surface area contributed by atoms with Crippen molar-refractivity contribution in [2.24, 2.45) is 0 Å². The number of ketones is 1. The van der Waals surface area contributed by atoms with Crippen LogP contribution in [0.2, 0.25) is 0 Å². The van der Waals surface area contributed by atoms with E-state index in [1.807, 2.05) is 72.8 Å². The van der Waals surface area contributed by atoms with Crippen molar-refractivity contribution < 1.29 is 25.2 Å². The normalized spacial score (nSPS) is 11.8. The van der Waals surface area contributed by atoms with Crippen LogP contribution in [0.1, 0.15) is 63.8 Å². The van der Waals surface area contributed by atoms with Gasteiger partial charge < -0.3 is 0 Å². The summed E-state index contributed by atoms with van der Waals surface area (Å²) in [6.07, 6.45) is 6.79. The fourth-order valence-electron chi connectivity index (χ4n) is 4.19. The molecule has 0 heterocycles. The smallest absolute Gasteiger partial charge is 0.178 e. The minimum Gasteiger partial charge on any atom is -0.290 e. The summed E-state index contributed by atoms with van der Waals surface area (Å²) >= 11 is 0. The summed E-state index contributed by atoms with van der Waals surface area (Å²) in [7, 11) is -0.166. The van der Waals surface area contributed by atoms with Gasteiger partial charge in [0.25, 0.3) is 0 Å². The van der Waals surface area contributed by atoms with Crippen molar-refractivity contribution >= 4 is 31.2 Å². The van der Waals surface area contributed by atoms with E-state index in [0.717, 1.165) is 11.1 Å². The number of aryl methyl sites for hydroxylation is 2. The van der Waals surface area contributed by atoms with Crippen LogP contribution >= 0.6 is 7.92 Å². The molecule has 0 radical (unpaired) electrons. The number of benzene rings is 3. The molecular weight excluding hydrogens is 550 g/mol. The zero-order chi connectivity index (χ0) is 26.1. The summed E-state index contributed by atoms with van der Waals surface area (Å²) in [5.41, 5.74) is 4.87. The molecule has 0 aliphatic heterocycles. The van der Waals surface area contributed by atoms with E-state index < -0.39 is 0 Å². The quantitative estimate of drug-likeness (QED) is 0.165. The zero-order valence-electron chi connectivity index (χ0n) is 23.0. The van der Waals surface area contributed by atoms with Crippen LogP contribution in [-0.2, 0) is 25.2 Å². The van der Waals surface area contributed by atoms with E-state index in [1.165, 1.54) is 11.1 Å². The first-order valence-corrected chi connectivity index (χ1v) is 13.6. The van der Waals surface area contributed by atoms with Gasteiger partial charge in [-0.3, -0.25) is 4.79 Å². The van der Waals surface area contributed by atoms with Gasteiger partial charge in [-0.15, -0.1) is 0 Å². The second-order valence-electron chi connectivity index (χ2n) is 10.8. The number of carbonyl (C=O) groups excluding carboxylic acids is 1. The number of allylic oxidation sites excluding steroid dienone is 2. The third kappa shape index (κ3) is 10.9. The monoisotopic (exact) mass is 590 g/mol. The van der Waals surface area contributed by atoms with Crippen LogP contribution in [0.3, 0.4) is 0 Å². The maximum atomic E-state index is 11.6. The molecule has 0 atom stereocenters. The Morgan fingerprint density at radius 2 is 1.06 bits per heavy atom. The molecule has 1 nitrogen and oxygen atoms in total. The van der Waals surface area contributed by atoms with Gasteiger partial charge in [0.1, 0.15) is 0 Å². The number of hydrogen-bond donors (Lipinski definition) is 0.